The van der Waals surface area contributed by atoms with Gasteiger partial charge in [-0.3, -0.25) is 0 Å². The van der Waals surface area contributed by atoms with Crippen LogP contribution >= 0.6 is 0 Å². The lowest BCUT2D eigenvalue weighted by Gasteiger charge is -2.13. The first-order chi connectivity index (χ1) is 13.6. The summed E-state index contributed by atoms with van der Waals surface area (Å²) in [5.74, 6) is -7.05. The van der Waals surface area contributed by atoms with E-state index in [2.05, 4.69) is 4.99 Å². The van der Waals surface area contributed by atoms with Crippen LogP contribution in [0.5, 0.6) is 0 Å². The zero-order valence-electron chi connectivity index (χ0n) is 16.9. The van der Waals surface area contributed by atoms with Gasteiger partial charge in [0.25, 0.3) is 0 Å². The molecule has 0 radical (unpaired) electrons. The van der Waals surface area contributed by atoms with Crippen LogP contribution in [0.2, 0.25) is 0 Å². The molecule has 8 heteroatoms. The molecule has 0 aliphatic carbocycles. The summed E-state index contributed by atoms with van der Waals surface area (Å²) in [5, 5.41) is 0. The molecule has 0 N–H and O–H groups in total. The maximum absolute atomic E-state index is 13.9. The standard InChI is InChI=1S/C21H22F4N2O2/c1-6-27(5)10-26-16-8-11(2)14(7-12(16)3)21(28)29-9-15-19(24)17(22)13(4)18(23)20(15)25/h7-8,10H,6,9H2,1-5H3. The van der Waals surface area contributed by atoms with E-state index in [9.17, 15) is 22.4 Å². The second kappa shape index (κ2) is 9.07. The van der Waals surface area contributed by atoms with Gasteiger partial charge in [0.1, 0.15) is 6.61 Å². The second-order valence-corrected chi connectivity index (χ2v) is 6.71. The van der Waals surface area contributed by atoms with Crippen molar-refractivity contribution in [3.63, 3.8) is 0 Å². The van der Waals surface area contributed by atoms with Gasteiger partial charge in [0.15, 0.2) is 23.3 Å². The van der Waals surface area contributed by atoms with E-state index in [1.807, 2.05) is 18.9 Å². The Morgan fingerprint density at radius 2 is 1.62 bits per heavy atom. The van der Waals surface area contributed by atoms with Gasteiger partial charge in [0, 0.05) is 19.2 Å². The Morgan fingerprint density at radius 3 is 2.17 bits per heavy atom. The third-order valence-corrected chi connectivity index (χ3v) is 4.58. The van der Waals surface area contributed by atoms with Crippen molar-refractivity contribution in [1.82, 2.24) is 4.90 Å². The summed E-state index contributed by atoms with van der Waals surface area (Å²) in [6, 6.07) is 3.22. The number of hydrogen-bond donors (Lipinski definition) is 0. The van der Waals surface area contributed by atoms with Crippen LogP contribution in [0.3, 0.4) is 0 Å². The quantitative estimate of drug-likeness (QED) is 0.218. The average molecular weight is 410 g/mol. The molecule has 0 aliphatic heterocycles. The Bertz CT molecular complexity index is 945. The largest absolute Gasteiger partial charge is 0.457 e. The minimum atomic E-state index is -1.58. The third kappa shape index (κ3) is 4.75. The second-order valence-electron chi connectivity index (χ2n) is 6.71. The van der Waals surface area contributed by atoms with E-state index >= 15 is 0 Å². The van der Waals surface area contributed by atoms with Crippen molar-refractivity contribution in [2.75, 3.05) is 13.6 Å². The predicted octanol–water partition coefficient (Wildman–Crippen LogP) is 5.14. The van der Waals surface area contributed by atoms with Crippen LogP contribution < -0.4 is 0 Å². The number of esters is 1. The van der Waals surface area contributed by atoms with E-state index in [0.717, 1.165) is 13.5 Å². The Hall–Kier alpha value is -2.90. The fraction of sp³-hybridized carbons (Fsp3) is 0.333. The molecule has 0 saturated carbocycles. The first-order valence-corrected chi connectivity index (χ1v) is 8.92. The van der Waals surface area contributed by atoms with Crippen LogP contribution in [0.4, 0.5) is 23.2 Å². The lowest BCUT2D eigenvalue weighted by atomic mass is 10.0. The molecular formula is C21H22F4N2O2. The monoisotopic (exact) mass is 410 g/mol. The number of aryl methyl sites for hydroxylation is 2. The van der Waals surface area contributed by atoms with E-state index in [1.165, 1.54) is 0 Å². The molecule has 2 aromatic carbocycles. The molecule has 0 atom stereocenters. The highest BCUT2D eigenvalue weighted by Gasteiger charge is 2.24. The molecule has 0 aromatic heterocycles. The molecule has 2 rings (SSSR count). The van der Waals surface area contributed by atoms with E-state index in [4.69, 9.17) is 4.74 Å². The SMILES string of the molecule is CCN(C)C=Nc1cc(C)c(C(=O)OCc2c(F)c(F)c(C)c(F)c2F)cc1C. The number of benzene rings is 2. The van der Waals surface area contributed by atoms with E-state index in [-0.39, 0.29) is 5.56 Å². The molecule has 156 valence electrons. The number of carbonyl (C=O) groups is 1. The maximum Gasteiger partial charge on any atom is 0.338 e. The molecule has 0 bridgehead atoms. The van der Waals surface area contributed by atoms with E-state index in [0.29, 0.717) is 16.8 Å². The summed E-state index contributed by atoms with van der Waals surface area (Å²) < 4.78 is 60.1. The van der Waals surface area contributed by atoms with Gasteiger partial charge in [0.2, 0.25) is 0 Å². The number of hydrogen-bond acceptors (Lipinski definition) is 3. The molecule has 2 aromatic rings. The highest BCUT2D eigenvalue weighted by molar-refractivity contribution is 5.92. The minimum Gasteiger partial charge on any atom is -0.457 e. The zero-order valence-corrected chi connectivity index (χ0v) is 16.9. The summed E-state index contributed by atoms with van der Waals surface area (Å²) in [5.41, 5.74) is 0.295. The smallest absolute Gasteiger partial charge is 0.338 e. The van der Waals surface area contributed by atoms with Crippen LogP contribution in [-0.2, 0) is 11.3 Å². The number of rotatable bonds is 6. The summed E-state index contributed by atoms with van der Waals surface area (Å²) in [7, 11) is 1.87. The van der Waals surface area contributed by atoms with Crippen molar-refractivity contribution in [1.29, 1.82) is 0 Å². The van der Waals surface area contributed by atoms with Gasteiger partial charge in [-0.2, -0.15) is 0 Å². The topological polar surface area (TPSA) is 41.9 Å². The molecule has 0 heterocycles. The molecule has 0 unspecified atom stereocenters. The van der Waals surface area contributed by atoms with Crippen molar-refractivity contribution in [2.24, 2.45) is 4.99 Å². The number of carbonyl (C=O) groups excluding carboxylic acids is 1. The van der Waals surface area contributed by atoms with Crippen LogP contribution in [0.15, 0.2) is 17.1 Å². The maximum atomic E-state index is 13.9. The fourth-order valence-electron chi connectivity index (χ4n) is 2.53. The van der Waals surface area contributed by atoms with Crippen molar-refractivity contribution < 1.29 is 27.1 Å². The predicted molar refractivity (Wildman–Crippen MR) is 103 cm³/mol. The van der Waals surface area contributed by atoms with Gasteiger partial charge < -0.3 is 9.64 Å². The van der Waals surface area contributed by atoms with Gasteiger partial charge in [-0.1, -0.05) is 0 Å². The summed E-state index contributed by atoms with van der Waals surface area (Å²) >= 11 is 0. The normalized spacial score (nSPS) is 11.2. The first-order valence-electron chi connectivity index (χ1n) is 8.92. The molecule has 0 fully saturated rings. The van der Waals surface area contributed by atoms with E-state index < -0.39 is 47.0 Å². The summed E-state index contributed by atoms with van der Waals surface area (Å²) in [4.78, 5) is 18.6. The number of ether oxygens (including phenoxy) is 1. The minimum absolute atomic E-state index is 0.166. The average Bonchev–Trinajstić information content (AvgIpc) is 2.70. The zero-order chi connectivity index (χ0) is 21.9. The number of aliphatic imine (C=N–C) groups is 1. The van der Waals surface area contributed by atoms with Crippen molar-refractivity contribution in [3.8, 4) is 0 Å². The molecule has 0 saturated heterocycles. The van der Waals surface area contributed by atoms with Crippen molar-refractivity contribution in [2.45, 2.75) is 34.3 Å². The van der Waals surface area contributed by atoms with Crippen molar-refractivity contribution in [3.05, 3.63) is 63.2 Å². The van der Waals surface area contributed by atoms with Gasteiger partial charge in [-0.15, -0.1) is 0 Å². The Balaban J connectivity index is 2.25. The summed E-state index contributed by atoms with van der Waals surface area (Å²) in [6.45, 7) is 6.13. The molecule has 0 amide bonds. The van der Waals surface area contributed by atoms with Crippen LogP contribution in [0.25, 0.3) is 0 Å². The summed E-state index contributed by atoms with van der Waals surface area (Å²) in [6.07, 6.45) is 1.66. The van der Waals surface area contributed by atoms with Gasteiger partial charge in [-0.25, -0.2) is 27.3 Å². The Labute approximate surface area is 166 Å². The van der Waals surface area contributed by atoms with Crippen LogP contribution in [0, 0.1) is 44.0 Å². The fourth-order valence-corrected chi connectivity index (χ4v) is 2.53. The van der Waals surface area contributed by atoms with Gasteiger partial charge in [-0.05, 0) is 51.0 Å². The highest BCUT2D eigenvalue weighted by atomic mass is 19.2. The lowest BCUT2D eigenvalue weighted by Crippen LogP contribution is -2.14. The lowest BCUT2D eigenvalue weighted by molar-refractivity contribution is 0.0461. The van der Waals surface area contributed by atoms with Crippen LogP contribution in [0.1, 0.15) is 39.5 Å². The Morgan fingerprint density at radius 1 is 1.03 bits per heavy atom. The number of halogens is 4. The highest BCUT2D eigenvalue weighted by Crippen LogP contribution is 2.26. The van der Waals surface area contributed by atoms with Crippen LogP contribution in [-0.4, -0.2) is 30.8 Å². The Kier molecular flexibility index (Phi) is 7.00. The first kappa shape index (κ1) is 22.4. The third-order valence-electron chi connectivity index (χ3n) is 4.58. The van der Waals surface area contributed by atoms with E-state index in [1.54, 1.807) is 32.3 Å². The van der Waals surface area contributed by atoms with Gasteiger partial charge in [0.05, 0.1) is 23.2 Å². The molecule has 4 nitrogen and oxygen atoms in total. The molecule has 29 heavy (non-hydrogen) atoms. The number of nitrogens with zero attached hydrogens (tertiary/aromatic N) is 2. The van der Waals surface area contributed by atoms with Gasteiger partial charge >= 0.3 is 5.97 Å². The molecule has 0 spiro atoms. The molecular weight excluding hydrogens is 388 g/mol. The molecule has 0 aliphatic rings. The van der Waals surface area contributed by atoms with Crippen molar-refractivity contribution >= 4 is 18.0 Å².